The van der Waals surface area contributed by atoms with E-state index in [0.717, 1.165) is 17.7 Å². The molecule has 1 N–H and O–H groups in total. The van der Waals surface area contributed by atoms with Crippen molar-refractivity contribution in [3.63, 3.8) is 0 Å². The van der Waals surface area contributed by atoms with Crippen molar-refractivity contribution in [1.82, 2.24) is 5.32 Å². The molecule has 1 aromatic carbocycles. The number of hydrogen-bond donors (Lipinski definition) is 1. The van der Waals surface area contributed by atoms with Crippen LogP contribution in [0.4, 0.5) is 0 Å². The number of hydrogen-bond acceptors (Lipinski definition) is 3. The van der Waals surface area contributed by atoms with E-state index >= 15 is 0 Å². The van der Waals surface area contributed by atoms with E-state index in [9.17, 15) is 0 Å². The number of nitrogens with zero attached hydrogens (tertiary/aromatic N) is 1. The van der Waals surface area contributed by atoms with Crippen LogP contribution in [0, 0.1) is 11.3 Å². The lowest BCUT2D eigenvalue weighted by molar-refractivity contribution is 0.329. The van der Waals surface area contributed by atoms with Crippen molar-refractivity contribution in [1.29, 1.82) is 5.26 Å². The monoisotopic (exact) mass is 246 g/mol. The summed E-state index contributed by atoms with van der Waals surface area (Å²) in [6.07, 6.45) is 1.49. The molecule has 2 atom stereocenters. The summed E-state index contributed by atoms with van der Waals surface area (Å²) in [5, 5.41) is 12.3. The SMILES string of the molecule is CCOc1ccccc1C(C)NC(CC)CC#N. The number of para-hydroxylation sites is 1. The molecule has 0 radical (unpaired) electrons. The molecule has 3 nitrogen and oxygen atoms in total. The Hall–Kier alpha value is -1.53. The maximum absolute atomic E-state index is 8.78. The zero-order valence-electron chi connectivity index (χ0n) is 11.4. The minimum atomic E-state index is 0.186. The van der Waals surface area contributed by atoms with Gasteiger partial charge in [-0.2, -0.15) is 5.26 Å². The van der Waals surface area contributed by atoms with E-state index in [4.69, 9.17) is 10.00 Å². The van der Waals surface area contributed by atoms with E-state index in [1.807, 2.05) is 25.1 Å². The number of rotatable bonds is 7. The Morgan fingerprint density at radius 3 is 2.67 bits per heavy atom. The van der Waals surface area contributed by atoms with Gasteiger partial charge in [0.05, 0.1) is 19.1 Å². The van der Waals surface area contributed by atoms with Crippen LogP contribution in [0.15, 0.2) is 24.3 Å². The highest BCUT2D eigenvalue weighted by Crippen LogP contribution is 2.25. The zero-order valence-corrected chi connectivity index (χ0v) is 11.4. The largest absolute Gasteiger partial charge is 0.494 e. The van der Waals surface area contributed by atoms with Crippen LogP contribution in [0.3, 0.4) is 0 Å². The molecule has 2 unspecified atom stereocenters. The average Bonchev–Trinajstić information content (AvgIpc) is 2.39. The average molecular weight is 246 g/mol. The van der Waals surface area contributed by atoms with Gasteiger partial charge in [0.15, 0.2) is 0 Å². The smallest absolute Gasteiger partial charge is 0.124 e. The summed E-state index contributed by atoms with van der Waals surface area (Å²) in [4.78, 5) is 0. The Morgan fingerprint density at radius 2 is 2.06 bits per heavy atom. The van der Waals surface area contributed by atoms with E-state index in [1.54, 1.807) is 0 Å². The van der Waals surface area contributed by atoms with Gasteiger partial charge in [0.2, 0.25) is 0 Å². The molecule has 0 saturated heterocycles. The van der Waals surface area contributed by atoms with Crippen molar-refractivity contribution in [3.05, 3.63) is 29.8 Å². The first-order chi connectivity index (χ1) is 8.72. The fraction of sp³-hybridized carbons (Fsp3) is 0.533. The highest BCUT2D eigenvalue weighted by atomic mass is 16.5. The lowest BCUT2D eigenvalue weighted by atomic mass is 10.0. The van der Waals surface area contributed by atoms with E-state index in [2.05, 4.69) is 31.3 Å². The first-order valence-electron chi connectivity index (χ1n) is 6.57. The van der Waals surface area contributed by atoms with Gasteiger partial charge in [-0.15, -0.1) is 0 Å². The fourth-order valence-corrected chi connectivity index (χ4v) is 2.00. The Bertz CT molecular complexity index is 398. The van der Waals surface area contributed by atoms with Gasteiger partial charge in [0.1, 0.15) is 5.75 Å². The molecular formula is C15H22N2O. The number of nitrogens with one attached hydrogen (secondary N) is 1. The molecular weight excluding hydrogens is 224 g/mol. The third-order valence-electron chi connectivity index (χ3n) is 3.00. The van der Waals surface area contributed by atoms with Crippen LogP contribution in [0.25, 0.3) is 0 Å². The summed E-state index contributed by atoms with van der Waals surface area (Å²) in [6, 6.07) is 10.7. The van der Waals surface area contributed by atoms with Gasteiger partial charge in [-0.1, -0.05) is 25.1 Å². The van der Waals surface area contributed by atoms with Crippen LogP contribution < -0.4 is 10.1 Å². The molecule has 1 rings (SSSR count). The van der Waals surface area contributed by atoms with Gasteiger partial charge < -0.3 is 10.1 Å². The zero-order chi connectivity index (χ0) is 13.4. The Labute approximate surface area is 110 Å². The molecule has 3 heteroatoms. The Kier molecular flexibility index (Phi) is 6.24. The molecule has 0 aliphatic heterocycles. The molecule has 0 fully saturated rings. The van der Waals surface area contributed by atoms with Gasteiger partial charge in [0, 0.05) is 17.6 Å². The van der Waals surface area contributed by atoms with Crippen LogP contribution in [-0.4, -0.2) is 12.6 Å². The van der Waals surface area contributed by atoms with E-state index < -0.39 is 0 Å². The molecule has 0 heterocycles. The number of benzene rings is 1. The predicted octanol–water partition coefficient (Wildman–Crippen LogP) is 3.43. The second-order valence-corrected chi connectivity index (χ2v) is 4.33. The molecule has 0 aromatic heterocycles. The standard InChI is InChI=1S/C15H22N2O/c1-4-13(10-11-16)17-12(3)14-8-6-7-9-15(14)18-5-2/h6-9,12-13,17H,4-5,10H2,1-3H3. The van der Waals surface area contributed by atoms with E-state index in [-0.39, 0.29) is 12.1 Å². The van der Waals surface area contributed by atoms with Crippen LogP contribution in [-0.2, 0) is 0 Å². The Morgan fingerprint density at radius 1 is 1.33 bits per heavy atom. The van der Waals surface area contributed by atoms with Crippen molar-refractivity contribution in [2.75, 3.05) is 6.61 Å². The maximum Gasteiger partial charge on any atom is 0.124 e. The molecule has 0 saturated carbocycles. The molecule has 0 spiro atoms. The normalized spacial score (nSPS) is 13.7. The van der Waals surface area contributed by atoms with Crippen LogP contribution in [0.1, 0.15) is 45.2 Å². The van der Waals surface area contributed by atoms with Crippen molar-refractivity contribution in [2.24, 2.45) is 0 Å². The van der Waals surface area contributed by atoms with Gasteiger partial charge in [-0.25, -0.2) is 0 Å². The fourth-order valence-electron chi connectivity index (χ4n) is 2.00. The molecule has 0 amide bonds. The van der Waals surface area contributed by atoms with Gasteiger partial charge in [0.25, 0.3) is 0 Å². The van der Waals surface area contributed by atoms with E-state index in [0.29, 0.717) is 13.0 Å². The summed E-state index contributed by atoms with van der Waals surface area (Å²) in [5.41, 5.74) is 1.15. The summed E-state index contributed by atoms with van der Waals surface area (Å²) in [7, 11) is 0. The summed E-state index contributed by atoms with van der Waals surface area (Å²) >= 11 is 0. The third kappa shape index (κ3) is 4.05. The van der Waals surface area contributed by atoms with Crippen molar-refractivity contribution >= 4 is 0 Å². The maximum atomic E-state index is 8.78. The lowest BCUT2D eigenvalue weighted by Gasteiger charge is -2.22. The summed E-state index contributed by atoms with van der Waals surface area (Å²) in [6.45, 7) is 6.85. The molecule has 0 bridgehead atoms. The second kappa shape index (κ2) is 7.73. The van der Waals surface area contributed by atoms with Gasteiger partial charge in [-0.3, -0.25) is 0 Å². The van der Waals surface area contributed by atoms with Crippen LogP contribution >= 0.6 is 0 Å². The van der Waals surface area contributed by atoms with Crippen LogP contribution in [0.5, 0.6) is 5.75 Å². The second-order valence-electron chi connectivity index (χ2n) is 4.33. The number of nitriles is 1. The molecule has 0 aliphatic carbocycles. The summed E-state index contributed by atoms with van der Waals surface area (Å²) < 4.78 is 5.63. The number of ether oxygens (including phenoxy) is 1. The first kappa shape index (κ1) is 14.5. The van der Waals surface area contributed by atoms with Crippen molar-refractivity contribution in [2.45, 2.75) is 45.7 Å². The van der Waals surface area contributed by atoms with Crippen molar-refractivity contribution in [3.8, 4) is 11.8 Å². The molecule has 0 aliphatic rings. The van der Waals surface area contributed by atoms with E-state index in [1.165, 1.54) is 0 Å². The van der Waals surface area contributed by atoms with Crippen molar-refractivity contribution < 1.29 is 4.74 Å². The quantitative estimate of drug-likeness (QED) is 0.801. The topological polar surface area (TPSA) is 45.0 Å². The first-order valence-corrected chi connectivity index (χ1v) is 6.57. The lowest BCUT2D eigenvalue weighted by Crippen LogP contribution is -2.30. The van der Waals surface area contributed by atoms with Gasteiger partial charge in [-0.05, 0) is 26.3 Å². The summed E-state index contributed by atoms with van der Waals surface area (Å²) in [5.74, 6) is 0.923. The molecule has 18 heavy (non-hydrogen) atoms. The minimum Gasteiger partial charge on any atom is -0.494 e. The molecule has 98 valence electrons. The predicted molar refractivity (Wildman–Crippen MR) is 73.5 cm³/mol. The Balaban J connectivity index is 2.76. The minimum absolute atomic E-state index is 0.186. The van der Waals surface area contributed by atoms with Gasteiger partial charge >= 0.3 is 0 Å². The molecule has 1 aromatic rings. The third-order valence-corrected chi connectivity index (χ3v) is 3.00. The highest BCUT2D eigenvalue weighted by molar-refractivity contribution is 5.35. The van der Waals surface area contributed by atoms with Crippen LogP contribution in [0.2, 0.25) is 0 Å². The highest BCUT2D eigenvalue weighted by Gasteiger charge is 2.14.